The van der Waals surface area contributed by atoms with Crippen molar-refractivity contribution in [3.8, 4) is 22.9 Å². The maximum atomic E-state index is 11.5. The highest BCUT2D eigenvalue weighted by atomic mass is 16.5. The molecule has 7 heteroatoms. The van der Waals surface area contributed by atoms with E-state index < -0.39 is 0 Å². The average molecular weight is 299 g/mol. The highest BCUT2D eigenvalue weighted by Gasteiger charge is 2.15. The van der Waals surface area contributed by atoms with E-state index in [2.05, 4.69) is 10.2 Å². The maximum absolute atomic E-state index is 11.5. The topological polar surface area (TPSA) is 97.5 Å². The monoisotopic (exact) mass is 299 g/mol. The molecule has 0 fully saturated rings. The molecule has 3 aromatic rings. The molecule has 3 rings (SSSR count). The number of carbonyl (C=O) groups excluding carboxylic acids is 1. The number of phenols is 2. The molecule has 0 saturated carbocycles. The number of aromatic hydroxyl groups is 2. The van der Waals surface area contributed by atoms with Crippen molar-refractivity contribution in [1.29, 1.82) is 0 Å². The van der Waals surface area contributed by atoms with Crippen LogP contribution in [0.1, 0.15) is 17.3 Å². The number of ether oxygens (including phenoxy) is 1. The van der Waals surface area contributed by atoms with Crippen molar-refractivity contribution in [3.05, 3.63) is 35.9 Å². The van der Waals surface area contributed by atoms with Gasteiger partial charge in [-0.3, -0.25) is 4.79 Å². The first-order valence-electron chi connectivity index (χ1n) is 6.48. The second kappa shape index (κ2) is 5.03. The van der Waals surface area contributed by atoms with Crippen molar-refractivity contribution in [2.24, 2.45) is 0 Å². The molecule has 0 atom stereocenters. The number of hydrogen-bond donors (Lipinski definition) is 2. The van der Waals surface area contributed by atoms with Crippen molar-refractivity contribution in [1.82, 2.24) is 15.0 Å². The summed E-state index contributed by atoms with van der Waals surface area (Å²) in [6, 6.07) is 7.64. The molecule has 0 spiro atoms. The molecule has 0 aliphatic heterocycles. The number of benzene rings is 2. The minimum atomic E-state index is -0.322. The molecule has 22 heavy (non-hydrogen) atoms. The smallest absolute Gasteiger partial charge is 0.163 e. The molecule has 2 N–H and O–H groups in total. The van der Waals surface area contributed by atoms with Gasteiger partial charge in [0.2, 0.25) is 0 Å². The Kier molecular flexibility index (Phi) is 3.17. The van der Waals surface area contributed by atoms with E-state index in [-0.39, 0.29) is 28.5 Å². The number of fused-ring (bicyclic) bond motifs is 1. The lowest BCUT2D eigenvalue weighted by Gasteiger charge is -2.07. The highest BCUT2D eigenvalue weighted by molar-refractivity contribution is 5.97. The van der Waals surface area contributed by atoms with Gasteiger partial charge in [0.15, 0.2) is 5.78 Å². The van der Waals surface area contributed by atoms with E-state index in [0.29, 0.717) is 16.8 Å². The summed E-state index contributed by atoms with van der Waals surface area (Å²) >= 11 is 0. The number of carbonyl (C=O) groups is 1. The van der Waals surface area contributed by atoms with Crippen LogP contribution in [0.4, 0.5) is 0 Å². The first kappa shape index (κ1) is 13.9. The number of methoxy groups -OCH3 is 1. The van der Waals surface area contributed by atoms with Crippen LogP contribution < -0.4 is 4.74 Å². The number of aromatic nitrogens is 3. The van der Waals surface area contributed by atoms with Gasteiger partial charge < -0.3 is 14.9 Å². The van der Waals surface area contributed by atoms with Crippen LogP contribution in [-0.2, 0) is 0 Å². The Balaban J connectivity index is 2.18. The van der Waals surface area contributed by atoms with E-state index in [1.807, 2.05) is 0 Å². The molecule has 112 valence electrons. The van der Waals surface area contributed by atoms with Crippen LogP contribution in [0.15, 0.2) is 30.3 Å². The van der Waals surface area contributed by atoms with Crippen molar-refractivity contribution in [2.45, 2.75) is 6.92 Å². The van der Waals surface area contributed by atoms with E-state index in [0.717, 1.165) is 6.07 Å². The van der Waals surface area contributed by atoms with Crippen molar-refractivity contribution in [3.63, 3.8) is 0 Å². The minimum Gasteiger partial charge on any atom is -0.507 e. The molecule has 0 radical (unpaired) electrons. The van der Waals surface area contributed by atoms with E-state index in [1.165, 1.54) is 17.8 Å². The normalized spacial score (nSPS) is 10.8. The Morgan fingerprint density at radius 3 is 2.50 bits per heavy atom. The molecule has 0 bridgehead atoms. The Morgan fingerprint density at radius 1 is 1.09 bits per heavy atom. The molecular formula is C15H13N3O4. The van der Waals surface area contributed by atoms with Gasteiger partial charge in [-0.05, 0) is 25.1 Å². The third kappa shape index (κ3) is 2.22. The summed E-state index contributed by atoms with van der Waals surface area (Å²) in [5.74, 6) is -0.196. The number of phenolic OH excluding ortho intramolecular Hbond substituents is 2. The lowest BCUT2D eigenvalue weighted by Crippen LogP contribution is -2.02. The first-order chi connectivity index (χ1) is 10.5. The maximum Gasteiger partial charge on any atom is 0.163 e. The van der Waals surface area contributed by atoms with Gasteiger partial charge in [-0.25, -0.2) is 0 Å². The fraction of sp³-hybridized carbons (Fsp3) is 0.133. The second-order valence-electron chi connectivity index (χ2n) is 4.76. The van der Waals surface area contributed by atoms with Gasteiger partial charge in [-0.15, -0.1) is 15.0 Å². The van der Waals surface area contributed by atoms with Crippen LogP contribution in [0.3, 0.4) is 0 Å². The largest absolute Gasteiger partial charge is 0.507 e. The fourth-order valence-corrected chi connectivity index (χ4v) is 2.14. The number of ketones is 1. The van der Waals surface area contributed by atoms with Crippen molar-refractivity contribution >= 4 is 16.8 Å². The van der Waals surface area contributed by atoms with Gasteiger partial charge >= 0.3 is 0 Å². The predicted octanol–water partition coefficient (Wildman–Crippen LogP) is 2.04. The standard InChI is InChI=1S/C15H13N3O4/c1-8(19)10-6-13(15(21)7-14(10)20)18-16-11-4-3-9(22-2)5-12(11)17-18/h3-7,20-21H,1-2H3. The van der Waals surface area contributed by atoms with E-state index in [4.69, 9.17) is 4.74 Å². The molecular weight excluding hydrogens is 286 g/mol. The van der Waals surface area contributed by atoms with Crippen LogP contribution in [0, 0.1) is 0 Å². The zero-order valence-corrected chi connectivity index (χ0v) is 11.9. The third-order valence-electron chi connectivity index (χ3n) is 3.28. The summed E-state index contributed by atoms with van der Waals surface area (Å²) in [4.78, 5) is 12.7. The molecule has 0 aliphatic carbocycles. The van der Waals surface area contributed by atoms with Crippen molar-refractivity contribution in [2.75, 3.05) is 7.11 Å². The summed E-state index contributed by atoms with van der Waals surface area (Å²) in [5.41, 5.74) is 1.48. The quantitative estimate of drug-likeness (QED) is 0.718. The molecule has 0 amide bonds. The van der Waals surface area contributed by atoms with Crippen molar-refractivity contribution < 1.29 is 19.7 Å². The van der Waals surface area contributed by atoms with Gasteiger partial charge in [0.05, 0.1) is 12.7 Å². The number of Topliss-reactive ketones (excluding diaryl/α,β-unsaturated/α-hetero) is 1. The summed E-state index contributed by atoms with van der Waals surface area (Å²) in [5, 5.41) is 28.2. The van der Waals surface area contributed by atoms with E-state index in [1.54, 1.807) is 25.3 Å². The number of nitrogens with zero attached hydrogens (tertiary/aromatic N) is 3. The van der Waals surface area contributed by atoms with Crippen LogP contribution in [-0.4, -0.2) is 38.1 Å². The molecule has 0 aliphatic rings. The third-order valence-corrected chi connectivity index (χ3v) is 3.28. The zero-order valence-electron chi connectivity index (χ0n) is 11.9. The van der Waals surface area contributed by atoms with E-state index in [9.17, 15) is 15.0 Å². The molecule has 0 unspecified atom stereocenters. The minimum absolute atomic E-state index is 0.0896. The lowest BCUT2D eigenvalue weighted by atomic mass is 10.1. The van der Waals surface area contributed by atoms with Crippen LogP contribution >= 0.6 is 0 Å². The van der Waals surface area contributed by atoms with Gasteiger partial charge in [0.25, 0.3) is 0 Å². The Labute approximate surface area is 125 Å². The highest BCUT2D eigenvalue weighted by Crippen LogP contribution is 2.30. The number of hydrogen-bond acceptors (Lipinski definition) is 6. The summed E-state index contributed by atoms with van der Waals surface area (Å²) in [7, 11) is 1.55. The SMILES string of the molecule is COc1ccc2nn(-c3cc(C(C)=O)c(O)cc3O)nc2c1. The number of rotatable bonds is 3. The molecule has 1 aromatic heterocycles. The first-order valence-corrected chi connectivity index (χ1v) is 6.48. The van der Waals surface area contributed by atoms with E-state index >= 15 is 0 Å². The summed E-state index contributed by atoms with van der Waals surface area (Å²) in [6.07, 6.45) is 0. The molecule has 2 aromatic carbocycles. The van der Waals surface area contributed by atoms with Gasteiger partial charge in [0, 0.05) is 12.1 Å². The molecule has 0 saturated heterocycles. The Hall–Kier alpha value is -3.09. The fourth-order valence-electron chi connectivity index (χ4n) is 2.14. The lowest BCUT2D eigenvalue weighted by molar-refractivity contribution is 0.101. The van der Waals surface area contributed by atoms with Gasteiger partial charge in [-0.2, -0.15) is 0 Å². The van der Waals surface area contributed by atoms with Gasteiger partial charge in [0.1, 0.15) is 34.0 Å². The second-order valence-corrected chi connectivity index (χ2v) is 4.76. The van der Waals surface area contributed by atoms with Gasteiger partial charge in [-0.1, -0.05) is 0 Å². The zero-order chi connectivity index (χ0) is 15.9. The Morgan fingerprint density at radius 2 is 1.82 bits per heavy atom. The van der Waals surface area contributed by atoms with Crippen LogP contribution in [0.5, 0.6) is 17.2 Å². The van der Waals surface area contributed by atoms with Crippen LogP contribution in [0.2, 0.25) is 0 Å². The summed E-state index contributed by atoms with van der Waals surface area (Å²) < 4.78 is 5.12. The molecule has 7 nitrogen and oxygen atoms in total. The predicted molar refractivity (Wildman–Crippen MR) is 78.8 cm³/mol. The average Bonchev–Trinajstić information content (AvgIpc) is 2.89. The molecule has 1 heterocycles. The summed E-state index contributed by atoms with van der Waals surface area (Å²) in [6.45, 7) is 1.33. The van der Waals surface area contributed by atoms with Crippen LogP contribution in [0.25, 0.3) is 16.7 Å². The Bertz CT molecular complexity index is 886.